The average Bonchev–Trinajstić information content (AvgIpc) is 2.44. The maximum atomic E-state index is 9.83. The first-order valence-electron chi connectivity index (χ1n) is 5.64. The minimum atomic E-state index is -1.70. The molecule has 0 saturated carbocycles. The second kappa shape index (κ2) is 6.79. The lowest BCUT2D eigenvalue weighted by atomic mass is 9.95. The van der Waals surface area contributed by atoms with Crippen LogP contribution in [-0.4, -0.2) is 56.5 Å². The molecule has 0 amide bonds. The largest absolute Gasteiger partial charge is 0.389 e. The van der Waals surface area contributed by atoms with Crippen LogP contribution in [0.2, 0.25) is 0 Å². The van der Waals surface area contributed by atoms with Crippen LogP contribution in [0.15, 0.2) is 30.3 Å². The number of rotatable bonds is 6. The molecule has 0 aliphatic carbocycles. The van der Waals surface area contributed by atoms with E-state index in [1.165, 1.54) is 0 Å². The molecule has 0 aromatic heterocycles. The summed E-state index contributed by atoms with van der Waals surface area (Å²) >= 11 is 0. The molecular formula is C12H19NO5. The van der Waals surface area contributed by atoms with E-state index < -0.39 is 30.5 Å². The summed E-state index contributed by atoms with van der Waals surface area (Å²) in [6.07, 6.45) is -7.66. The molecule has 1 unspecified atom stereocenters. The van der Waals surface area contributed by atoms with E-state index in [2.05, 4.69) is 0 Å². The second-order valence-electron chi connectivity index (χ2n) is 4.13. The summed E-state index contributed by atoms with van der Waals surface area (Å²) < 4.78 is 0. The number of benzene rings is 1. The number of hydrogen-bond donors (Lipinski definition) is 6. The quantitative estimate of drug-likeness (QED) is 0.354. The van der Waals surface area contributed by atoms with Gasteiger partial charge in [-0.25, -0.2) is 0 Å². The summed E-state index contributed by atoms with van der Waals surface area (Å²) in [5.41, 5.74) is 5.53. The Labute approximate surface area is 105 Å². The van der Waals surface area contributed by atoms with Crippen LogP contribution < -0.4 is 5.73 Å². The topological polar surface area (TPSA) is 127 Å². The van der Waals surface area contributed by atoms with E-state index in [1.807, 2.05) is 0 Å². The van der Waals surface area contributed by atoms with Crippen LogP contribution in [0, 0.1) is 0 Å². The van der Waals surface area contributed by atoms with Crippen molar-refractivity contribution < 1.29 is 25.5 Å². The molecule has 6 nitrogen and oxygen atoms in total. The Morgan fingerprint density at radius 3 is 1.89 bits per heavy atom. The van der Waals surface area contributed by atoms with Crippen LogP contribution in [0.4, 0.5) is 0 Å². The van der Waals surface area contributed by atoms with E-state index in [-0.39, 0.29) is 6.54 Å². The molecule has 0 heterocycles. The maximum Gasteiger partial charge on any atom is 0.113 e. The zero-order valence-electron chi connectivity index (χ0n) is 9.79. The Morgan fingerprint density at radius 1 is 0.833 bits per heavy atom. The number of aliphatic hydroxyl groups excluding tert-OH is 5. The zero-order valence-corrected chi connectivity index (χ0v) is 9.79. The van der Waals surface area contributed by atoms with Gasteiger partial charge >= 0.3 is 0 Å². The van der Waals surface area contributed by atoms with Gasteiger partial charge in [0.2, 0.25) is 0 Å². The van der Waals surface area contributed by atoms with Gasteiger partial charge < -0.3 is 31.3 Å². The predicted molar refractivity (Wildman–Crippen MR) is 64.5 cm³/mol. The van der Waals surface area contributed by atoms with Gasteiger partial charge in [0.25, 0.3) is 0 Å². The summed E-state index contributed by atoms with van der Waals surface area (Å²) in [5, 5.41) is 48.0. The van der Waals surface area contributed by atoms with E-state index in [9.17, 15) is 25.5 Å². The Kier molecular flexibility index (Phi) is 5.67. The van der Waals surface area contributed by atoms with Gasteiger partial charge in [-0.3, -0.25) is 0 Å². The van der Waals surface area contributed by atoms with E-state index in [0.29, 0.717) is 5.56 Å². The lowest BCUT2D eigenvalue weighted by Gasteiger charge is -2.28. The number of aliphatic hydroxyl groups is 5. The SMILES string of the molecule is NC[C@H](O)[C@@H](O)[C@H](O)[C@H](O)C(O)c1ccccc1. The standard InChI is InChI=1S/C12H19NO5/c13-6-8(14)10(16)12(18)11(17)9(15)7-4-2-1-3-5-7/h1-5,8-12,14-18H,6,13H2/t8-,9?,10+,11+,12-/m0/s1. The molecule has 6 heteroatoms. The van der Waals surface area contributed by atoms with E-state index in [0.717, 1.165) is 0 Å². The lowest BCUT2D eigenvalue weighted by molar-refractivity contribution is -0.133. The van der Waals surface area contributed by atoms with Crippen molar-refractivity contribution in [3.05, 3.63) is 35.9 Å². The molecule has 0 saturated heterocycles. The van der Waals surface area contributed by atoms with Crippen LogP contribution in [0.5, 0.6) is 0 Å². The molecule has 1 rings (SSSR count). The van der Waals surface area contributed by atoms with E-state index in [1.54, 1.807) is 30.3 Å². The van der Waals surface area contributed by atoms with Crippen molar-refractivity contribution in [2.45, 2.75) is 30.5 Å². The van der Waals surface area contributed by atoms with Gasteiger partial charge in [0.1, 0.15) is 24.4 Å². The van der Waals surface area contributed by atoms with Crippen LogP contribution in [0.1, 0.15) is 11.7 Å². The van der Waals surface area contributed by atoms with Crippen LogP contribution >= 0.6 is 0 Å². The molecule has 5 atom stereocenters. The van der Waals surface area contributed by atoms with Crippen molar-refractivity contribution in [2.24, 2.45) is 5.73 Å². The van der Waals surface area contributed by atoms with Crippen LogP contribution in [-0.2, 0) is 0 Å². The first-order chi connectivity index (χ1) is 8.49. The van der Waals surface area contributed by atoms with E-state index >= 15 is 0 Å². The molecule has 0 fully saturated rings. The monoisotopic (exact) mass is 257 g/mol. The number of hydrogen-bond acceptors (Lipinski definition) is 6. The Balaban J connectivity index is 2.72. The van der Waals surface area contributed by atoms with Gasteiger partial charge in [-0.2, -0.15) is 0 Å². The van der Waals surface area contributed by atoms with Gasteiger partial charge in [0, 0.05) is 6.54 Å². The van der Waals surface area contributed by atoms with Crippen molar-refractivity contribution in [3.8, 4) is 0 Å². The molecule has 18 heavy (non-hydrogen) atoms. The maximum absolute atomic E-state index is 9.83. The van der Waals surface area contributed by atoms with Crippen molar-refractivity contribution in [2.75, 3.05) is 6.54 Å². The lowest BCUT2D eigenvalue weighted by Crippen LogP contribution is -2.48. The Morgan fingerprint density at radius 2 is 1.39 bits per heavy atom. The molecular weight excluding hydrogens is 238 g/mol. The summed E-state index contributed by atoms with van der Waals surface area (Å²) in [6, 6.07) is 8.23. The molecule has 0 aliphatic rings. The first-order valence-corrected chi connectivity index (χ1v) is 5.64. The summed E-state index contributed by atoms with van der Waals surface area (Å²) in [7, 11) is 0. The third kappa shape index (κ3) is 3.49. The fourth-order valence-electron chi connectivity index (χ4n) is 1.60. The third-order valence-corrected chi connectivity index (χ3v) is 2.80. The summed E-state index contributed by atoms with van der Waals surface area (Å²) in [5.74, 6) is 0. The highest BCUT2D eigenvalue weighted by Gasteiger charge is 2.34. The third-order valence-electron chi connectivity index (χ3n) is 2.80. The van der Waals surface area contributed by atoms with Gasteiger partial charge in [-0.15, -0.1) is 0 Å². The van der Waals surface area contributed by atoms with Crippen molar-refractivity contribution >= 4 is 0 Å². The minimum absolute atomic E-state index is 0.258. The van der Waals surface area contributed by atoms with E-state index in [4.69, 9.17) is 5.73 Å². The van der Waals surface area contributed by atoms with Gasteiger partial charge in [-0.05, 0) is 5.56 Å². The highest BCUT2D eigenvalue weighted by molar-refractivity contribution is 5.18. The minimum Gasteiger partial charge on any atom is -0.389 e. The predicted octanol–water partition coefficient (Wildman–Crippen LogP) is -1.88. The van der Waals surface area contributed by atoms with Crippen LogP contribution in [0.25, 0.3) is 0 Å². The van der Waals surface area contributed by atoms with Gasteiger partial charge in [0.05, 0.1) is 6.10 Å². The first kappa shape index (κ1) is 15.0. The van der Waals surface area contributed by atoms with Crippen molar-refractivity contribution in [3.63, 3.8) is 0 Å². The highest BCUT2D eigenvalue weighted by Crippen LogP contribution is 2.20. The van der Waals surface area contributed by atoms with Gasteiger partial charge in [-0.1, -0.05) is 30.3 Å². The zero-order chi connectivity index (χ0) is 13.7. The molecule has 102 valence electrons. The smallest absolute Gasteiger partial charge is 0.113 e. The van der Waals surface area contributed by atoms with Crippen LogP contribution in [0.3, 0.4) is 0 Å². The number of nitrogens with two attached hydrogens (primary N) is 1. The Bertz CT molecular complexity index is 348. The molecule has 0 spiro atoms. The summed E-state index contributed by atoms with van der Waals surface area (Å²) in [6.45, 7) is -0.258. The van der Waals surface area contributed by atoms with Gasteiger partial charge in [0.15, 0.2) is 0 Å². The molecule has 0 aliphatic heterocycles. The Hall–Kier alpha value is -1.02. The van der Waals surface area contributed by atoms with Crippen molar-refractivity contribution in [1.29, 1.82) is 0 Å². The summed E-state index contributed by atoms with van der Waals surface area (Å²) in [4.78, 5) is 0. The average molecular weight is 257 g/mol. The molecule has 1 aromatic rings. The molecule has 0 radical (unpaired) electrons. The molecule has 1 aromatic carbocycles. The normalized spacial score (nSPS) is 19.9. The fourth-order valence-corrected chi connectivity index (χ4v) is 1.60. The highest BCUT2D eigenvalue weighted by atomic mass is 16.4. The molecule has 0 bridgehead atoms. The van der Waals surface area contributed by atoms with Crippen molar-refractivity contribution in [1.82, 2.24) is 0 Å². The second-order valence-corrected chi connectivity index (χ2v) is 4.13. The molecule has 7 N–H and O–H groups in total. The fraction of sp³-hybridized carbons (Fsp3) is 0.500.